The fourth-order valence-corrected chi connectivity index (χ4v) is 3.15. The van der Waals surface area contributed by atoms with E-state index in [9.17, 15) is 9.59 Å². The minimum Gasteiger partial charge on any atom is -0.492 e. The van der Waals surface area contributed by atoms with Crippen LogP contribution in [-0.2, 0) is 15.3 Å². The number of unbranched alkanes of at least 4 members (excludes halogenated alkanes) is 2. The second kappa shape index (κ2) is 17.0. The van der Waals surface area contributed by atoms with Crippen molar-refractivity contribution < 1.29 is 14.3 Å². The van der Waals surface area contributed by atoms with Crippen molar-refractivity contribution in [1.82, 2.24) is 10.6 Å². The third-order valence-electron chi connectivity index (χ3n) is 4.91. The molecule has 2 amide bonds. The number of ether oxygens (including phenoxy) is 1. The number of thiol groups is 1. The van der Waals surface area contributed by atoms with Crippen molar-refractivity contribution >= 4 is 30.4 Å². The van der Waals surface area contributed by atoms with Gasteiger partial charge in [0.2, 0.25) is 11.8 Å². The minimum atomic E-state index is -0.595. The molecule has 10 N–H and O–H groups in total. The second-order valence-electron chi connectivity index (χ2n) is 7.74. The predicted molar refractivity (Wildman–Crippen MR) is 135 cm³/mol. The number of nitrogens with one attached hydrogen (secondary N) is 2. The van der Waals surface area contributed by atoms with E-state index in [-0.39, 0.29) is 17.8 Å². The Balaban J connectivity index is 2.06. The zero-order valence-electron chi connectivity index (χ0n) is 19.2. The minimum absolute atomic E-state index is 0.0645. The molecular formula is C22H39N7O3S. The number of carbonyl (C=O) groups excluding carboxylic acids is 2. The van der Waals surface area contributed by atoms with E-state index < -0.39 is 12.1 Å². The monoisotopic (exact) mass is 481 g/mol. The number of benzene rings is 1. The van der Waals surface area contributed by atoms with Gasteiger partial charge in [0.1, 0.15) is 12.4 Å². The molecule has 0 fully saturated rings. The molecule has 0 aliphatic carbocycles. The van der Waals surface area contributed by atoms with E-state index in [1.807, 2.05) is 24.3 Å². The summed E-state index contributed by atoms with van der Waals surface area (Å²) in [6, 6.07) is 6.50. The summed E-state index contributed by atoms with van der Waals surface area (Å²) >= 11 is 4.21. The topological polar surface area (TPSA) is 184 Å². The molecule has 10 nitrogen and oxygen atoms in total. The van der Waals surface area contributed by atoms with Gasteiger partial charge in [0.25, 0.3) is 0 Å². The van der Waals surface area contributed by atoms with Gasteiger partial charge in [0, 0.05) is 18.8 Å². The van der Waals surface area contributed by atoms with Crippen LogP contribution in [0.3, 0.4) is 0 Å². The largest absolute Gasteiger partial charge is 0.492 e. The lowest BCUT2D eigenvalue weighted by Gasteiger charge is -2.14. The standard InChI is InChI=1S/C22H39N7O3S/c23-18(6-2-4-12-29-22(25)26)20(30)27-11-3-1-5-19(24)21(31)28-13-14-32-17-9-7-16(15-33)8-10-17/h7-10,18-19,33H,1-6,11-15,23-24H2,(H,27,30)(H,28,31)(H4,25,26,29)/t18-,19-/m1/s1. The number of aliphatic imine (C=N–C) groups is 1. The van der Waals surface area contributed by atoms with Gasteiger partial charge < -0.3 is 38.3 Å². The molecule has 0 spiro atoms. The van der Waals surface area contributed by atoms with Crippen LogP contribution in [0.2, 0.25) is 0 Å². The Kier molecular flexibility index (Phi) is 14.7. The zero-order chi connectivity index (χ0) is 24.5. The highest BCUT2D eigenvalue weighted by molar-refractivity contribution is 7.79. The Morgan fingerprint density at radius 1 is 0.909 bits per heavy atom. The highest BCUT2D eigenvalue weighted by Gasteiger charge is 2.14. The first kappa shape index (κ1) is 28.5. The summed E-state index contributed by atoms with van der Waals surface area (Å²) in [5.41, 5.74) is 23.4. The van der Waals surface area contributed by atoms with E-state index in [0.717, 1.165) is 37.0 Å². The summed E-state index contributed by atoms with van der Waals surface area (Å²) in [6.45, 7) is 1.76. The van der Waals surface area contributed by atoms with Crippen LogP contribution in [0.1, 0.15) is 44.1 Å². The van der Waals surface area contributed by atoms with Crippen LogP contribution >= 0.6 is 12.6 Å². The molecule has 0 heterocycles. The molecule has 0 aliphatic heterocycles. The molecule has 0 radical (unpaired) electrons. The molecule has 1 aromatic carbocycles. The Morgan fingerprint density at radius 3 is 2.06 bits per heavy atom. The number of hydrogen-bond donors (Lipinski definition) is 7. The van der Waals surface area contributed by atoms with Crippen molar-refractivity contribution in [2.45, 2.75) is 56.4 Å². The van der Waals surface area contributed by atoms with E-state index in [0.29, 0.717) is 44.8 Å². The van der Waals surface area contributed by atoms with E-state index in [1.54, 1.807) is 0 Å². The van der Waals surface area contributed by atoms with Gasteiger partial charge in [-0.1, -0.05) is 12.1 Å². The maximum Gasteiger partial charge on any atom is 0.237 e. The number of carbonyl (C=O) groups is 2. The average molecular weight is 482 g/mol. The van der Waals surface area contributed by atoms with Crippen molar-refractivity contribution in [2.75, 3.05) is 26.2 Å². The molecule has 2 atom stereocenters. The number of guanidine groups is 1. The van der Waals surface area contributed by atoms with Crippen LogP contribution in [0.4, 0.5) is 0 Å². The number of hydrogen-bond acceptors (Lipinski definition) is 7. The number of rotatable bonds is 17. The fraction of sp³-hybridized carbons (Fsp3) is 0.591. The molecule has 11 heteroatoms. The molecule has 1 aromatic rings. The first-order valence-corrected chi connectivity index (χ1v) is 11.9. The first-order valence-electron chi connectivity index (χ1n) is 11.3. The highest BCUT2D eigenvalue weighted by atomic mass is 32.1. The smallest absolute Gasteiger partial charge is 0.237 e. The molecular weight excluding hydrogens is 442 g/mol. The summed E-state index contributed by atoms with van der Waals surface area (Å²) in [6.07, 6.45) is 4.08. The zero-order valence-corrected chi connectivity index (χ0v) is 20.1. The normalized spacial score (nSPS) is 12.5. The second-order valence-corrected chi connectivity index (χ2v) is 8.06. The van der Waals surface area contributed by atoms with Gasteiger partial charge in [-0.2, -0.15) is 12.6 Å². The van der Waals surface area contributed by atoms with Crippen LogP contribution < -0.4 is 38.3 Å². The van der Waals surface area contributed by atoms with Crippen LogP contribution in [0.25, 0.3) is 0 Å². The van der Waals surface area contributed by atoms with Crippen LogP contribution in [0, 0.1) is 0 Å². The van der Waals surface area contributed by atoms with E-state index in [1.165, 1.54) is 0 Å². The maximum atomic E-state index is 12.1. The van der Waals surface area contributed by atoms with Gasteiger partial charge >= 0.3 is 0 Å². The van der Waals surface area contributed by atoms with E-state index in [2.05, 4.69) is 28.3 Å². The molecule has 0 unspecified atom stereocenters. The third-order valence-corrected chi connectivity index (χ3v) is 5.27. The fourth-order valence-electron chi connectivity index (χ4n) is 2.94. The average Bonchev–Trinajstić information content (AvgIpc) is 2.80. The SMILES string of the molecule is NC(N)=NCCCC[C@@H](N)C(=O)NCCCC[C@@H](N)C(=O)NCCOc1ccc(CS)cc1. The van der Waals surface area contributed by atoms with Gasteiger partial charge in [-0.05, 0) is 56.2 Å². The van der Waals surface area contributed by atoms with Crippen LogP contribution in [0.15, 0.2) is 29.3 Å². The molecule has 0 saturated heterocycles. The van der Waals surface area contributed by atoms with Crippen molar-refractivity contribution in [2.24, 2.45) is 27.9 Å². The Bertz CT molecular complexity index is 727. The summed E-state index contributed by atoms with van der Waals surface area (Å²) in [7, 11) is 0. The molecule has 1 rings (SSSR count). The van der Waals surface area contributed by atoms with Crippen LogP contribution in [0.5, 0.6) is 5.75 Å². The lowest BCUT2D eigenvalue weighted by atomic mass is 10.1. The summed E-state index contributed by atoms with van der Waals surface area (Å²) < 4.78 is 5.59. The van der Waals surface area contributed by atoms with Gasteiger partial charge in [-0.15, -0.1) is 0 Å². The van der Waals surface area contributed by atoms with Gasteiger partial charge in [0.05, 0.1) is 18.6 Å². The van der Waals surface area contributed by atoms with Crippen LogP contribution in [-0.4, -0.2) is 56.1 Å². The van der Waals surface area contributed by atoms with Crippen molar-refractivity contribution in [3.63, 3.8) is 0 Å². The van der Waals surface area contributed by atoms with Gasteiger partial charge in [-0.25, -0.2) is 0 Å². The van der Waals surface area contributed by atoms with E-state index >= 15 is 0 Å². The summed E-state index contributed by atoms with van der Waals surface area (Å²) in [4.78, 5) is 28.0. The Morgan fingerprint density at radius 2 is 1.48 bits per heavy atom. The summed E-state index contributed by atoms with van der Waals surface area (Å²) in [5, 5.41) is 5.59. The van der Waals surface area contributed by atoms with Gasteiger partial charge in [0.15, 0.2) is 5.96 Å². The first-order chi connectivity index (χ1) is 15.8. The molecule has 0 saturated carbocycles. The lowest BCUT2D eigenvalue weighted by molar-refractivity contribution is -0.123. The van der Waals surface area contributed by atoms with Crippen molar-refractivity contribution in [3.05, 3.63) is 29.8 Å². The molecule has 33 heavy (non-hydrogen) atoms. The predicted octanol–water partition coefficient (Wildman–Crippen LogP) is -0.00380. The molecule has 186 valence electrons. The maximum absolute atomic E-state index is 12.1. The quantitative estimate of drug-likeness (QED) is 0.0706. The number of amides is 2. The molecule has 0 aliphatic rings. The number of nitrogens with zero attached hydrogens (tertiary/aromatic N) is 1. The summed E-state index contributed by atoms with van der Waals surface area (Å²) in [5.74, 6) is 1.09. The Hall–Kier alpha value is -2.50. The Labute approximate surface area is 201 Å². The lowest BCUT2D eigenvalue weighted by Crippen LogP contribution is -2.42. The van der Waals surface area contributed by atoms with E-state index in [4.69, 9.17) is 27.7 Å². The molecule has 0 aromatic heterocycles. The number of nitrogens with two attached hydrogens (primary N) is 4. The third kappa shape index (κ3) is 13.6. The van der Waals surface area contributed by atoms with Crippen molar-refractivity contribution in [3.8, 4) is 5.75 Å². The van der Waals surface area contributed by atoms with Gasteiger partial charge in [-0.3, -0.25) is 14.6 Å². The van der Waals surface area contributed by atoms with Crippen molar-refractivity contribution in [1.29, 1.82) is 0 Å². The molecule has 0 bridgehead atoms. The highest BCUT2D eigenvalue weighted by Crippen LogP contribution is 2.13.